The number of benzene rings is 2. The molecular weight excluding hydrogens is 260 g/mol. The number of phenolic OH excluding ortho intramolecular Hbond substituents is 1. The standard InChI is InChI=1S/C16H15F2NO/c17-14-7-5-11(8-15(14)18)19-16-3-1-2-10-4-6-12(20)9-13(10)16/h4-9,16,19-20H,1-3H2. The molecule has 0 amide bonds. The van der Waals surface area contributed by atoms with E-state index in [9.17, 15) is 13.9 Å². The minimum Gasteiger partial charge on any atom is -0.508 e. The summed E-state index contributed by atoms with van der Waals surface area (Å²) in [5, 5.41) is 12.8. The third-order valence-electron chi connectivity index (χ3n) is 3.70. The molecule has 2 aromatic rings. The van der Waals surface area contributed by atoms with E-state index < -0.39 is 11.6 Å². The van der Waals surface area contributed by atoms with Crippen molar-refractivity contribution in [3.8, 4) is 5.75 Å². The number of rotatable bonds is 2. The van der Waals surface area contributed by atoms with Gasteiger partial charge in [0.2, 0.25) is 0 Å². The maximum Gasteiger partial charge on any atom is 0.160 e. The fraction of sp³-hybridized carbons (Fsp3) is 0.250. The highest BCUT2D eigenvalue weighted by molar-refractivity contribution is 5.48. The largest absolute Gasteiger partial charge is 0.508 e. The molecule has 4 heteroatoms. The maximum absolute atomic E-state index is 13.2. The first-order chi connectivity index (χ1) is 9.63. The van der Waals surface area contributed by atoms with Crippen molar-refractivity contribution in [1.82, 2.24) is 0 Å². The van der Waals surface area contributed by atoms with Gasteiger partial charge in [0.15, 0.2) is 11.6 Å². The van der Waals surface area contributed by atoms with Crippen LogP contribution < -0.4 is 5.32 Å². The van der Waals surface area contributed by atoms with Crippen LogP contribution in [0.3, 0.4) is 0 Å². The normalized spacial score (nSPS) is 17.6. The van der Waals surface area contributed by atoms with E-state index in [2.05, 4.69) is 5.32 Å². The molecule has 2 nitrogen and oxygen atoms in total. The predicted molar refractivity (Wildman–Crippen MR) is 73.8 cm³/mol. The summed E-state index contributed by atoms with van der Waals surface area (Å²) in [7, 11) is 0. The molecule has 0 fully saturated rings. The number of hydrogen-bond donors (Lipinski definition) is 2. The highest BCUT2D eigenvalue weighted by Crippen LogP contribution is 2.34. The molecule has 0 saturated carbocycles. The second-order valence-electron chi connectivity index (χ2n) is 5.10. The van der Waals surface area contributed by atoms with Crippen LogP contribution in [0.25, 0.3) is 0 Å². The molecule has 0 saturated heterocycles. The highest BCUT2D eigenvalue weighted by Gasteiger charge is 2.20. The Bertz CT molecular complexity index is 642. The second-order valence-corrected chi connectivity index (χ2v) is 5.10. The molecule has 20 heavy (non-hydrogen) atoms. The van der Waals surface area contributed by atoms with Crippen LogP contribution in [0.5, 0.6) is 5.75 Å². The zero-order valence-electron chi connectivity index (χ0n) is 10.9. The molecule has 1 aliphatic rings. The lowest BCUT2D eigenvalue weighted by atomic mass is 9.87. The van der Waals surface area contributed by atoms with Gasteiger partial charge in [-0.05, 0) is 54.7 Å². The summed E-state index contributed by atoms with van der Waals surface area (Å²) >= 11 is 0. The molecule has 2 aromatic carbocycles. The van der Waals surface area contributed by atoms with Gasteiger partial charge in [0.1, 0.15) is 5.75 Å². The summed E-state index contributed by atoms with van der Waals surface area (Å²) in [6.45, 7) is 0. The smallest absolute Gasteiger partial charge is 0.160 e. The van der Waals surface area contributed by atoms with Gasteiger partial charge in [-0.3, -0.25) is 0 Å². The molecule has 0 aliphatic heterocycles. The van der Waals surface area contributed by atoms with Crippen LogP contribution in [0.4, 0.5) is 14.5 Å². The molecule has 0 heterocycles. The number of aromatic hydroxyl groups is 1. The number of nitrogens with one attached hydrogen (secondary N) is 1. The van der Waals surface area contributed by atoms with Crippen molar-refractivity contribution in [2.75, 3.05) is 5.32 Å². The maximum atomic E-state index is 13.2. The zero-order valence-corrected chi connectivity index (χ0v) is 10.9. The van der Waals surface area contributed by atoms with Crippen LogP contribution >= 0.6 is 0 Å². The number of hydrogen-bond acceptors (Lipinski definition) is 2. The topological polar surface area (TPSA) is 32.3 Å². The molecule has 3 rings (SSSR count). The predicted octanol–water partition coefficient (Wildman–Crippen LogP) is 4.16. The Labute approximate surface area is 116 Å². The summed E-state index contributed by atoms with van der Waals surface area (Å²) in [5.74, 6) is -1.48. The Hall–Kier alpha value is -2.10. The lowest BCUT2D eigenvalue weighted by Gasteiger charge is -2.27. The van der Waals surface area contributed by atoms with Crippen LogP contribution in [-0.2, 0) is 6.42 Å². The molecule has 0 aromatic heterocycles. The van der Waals surface area contributed by atoms with Crippen LogP contribution in [-0.4, -0.2) is 5.11 Å². The minimum absolute atomic E-state index is 0.00992. The summed E-state index contributed by atoms with van der Waals surface area (Å²) in [6, 6.07) is 9.15. The Morgan fingerprint density at radius 1 is 1.05 bits per heavy atom. The van der Waals surface area contributed by atoms with Crippen molar-refractivity contribution in [3.63, 3.8) is 0 Å². The van der Waals surface area contributed by atoms with Crippen molar-refractivity contribution in [1.29, 1.82) is 0 Å². The fourth-order valence-electron chi connectivity index (χ4n) is 2.72. The van der Waals surface area contributed by atoms with Crippen LogP contribution in [0.15, 0.2) is 36.4 Å². The van der Waals surface area contributed by atoms with E-state index in [-0.39, 0.29) is 11.8 Å². The van der Waals surface area contributed by atoms with Crippen molar-refractivity contribution in [3.05, 3.63) is 59.2 Å². The van der Waals surface area contributed by atoms with Gasteiger partial charge in [-0.2, -0.15) is 0 Å². The number of aryl methyl sites for hydroxylation is 1. The lowest BCUT2D eigenvalue weighted by Crippen LogP contribution is -2.17. The van der Waals surface area contributed by atoms with E-state index >= 15 is 0 Å². The first-order valence-electron chi connectivity index (χ1n) is 6.67. The number of phenols is 1. The van der Waals surface area contributed by atoms with E-state index in [1.54, 1.807) is 12.1 Å². The van der Waals surface area contributed by atoms with Crippen LogP contribution in [0, 0.1) is 11.6 Å². The monoisotopic (exact) mass is 275 g/mol. The van der Waals surface area contributed by atoms with Gasteiger partial charge in [0.05, 0.1) is 6.04 Å². The van der Waals surface area contributed by atoms with Gasteiger partial charge in [0.25, 0.3) is 0 Å². The third-order valence-corrected chi connectivity index (χ3v) is 3.70. The van der Waals surface area contributed by atoms with Crippen molar-refractivity contribution in [2.24, 2.45) is 0 Å². The van der Waals surface area contributed by atoms with E-state index in [1.807, 2.05) is 6.07 Å². The molecule has 1 unspecified atom stereocenters. The Morgan fingerprint density at radius 3 is 2.70 bits per heavy atom. The van der Waals surface area contributed by atoms with Gasteiger partial charge in [0, 0.05) is 11.8 Å². The number of fused-ring (bicyclic) bond motifs is 1. The quantitative estimate of drug-likeness (QED) is 0.862. The van der Waals surface area contributed by atoms with E-state index in [0.29, 0.717) is 5.69 Å². The van der Waals surface area contributed by atoms with Crippen molar-refractivity contribution >= 4 is 5.69 Å². The number of halogens is 2. The van der Waals surface area contributed by atoms with Gasteiger partial charge in [-0.15, -0.1) is 0 Å². The zero-order chi connectivity index (χ0) is 14.1. The molecule has 0 spiro atoms. The van der Waals surface area contributed by atoms with Gasteiger partial charge in [-0.25, -0.2) is 8.78 Å². The summed E-state index contributed by atoms with van der Waals surface area (Å²) in [4.78, 5) is 0. The molecular formula is C16H15F2NO. The Morgan fingerprint density at radius 2 is 1.90 bits per heavy atom. The van der Waals surface area contributed by atoms with Crippen molar-refractivity contribution in [2.45, 2.75) is 25.3 Å². The first-order valence-corrected chi connectivity index (χ1v) is 6.67. The first kappa shape index (κ1) is 12.9. The summed E-state index contributed by atoms with van der Waals surface area (Å²) in [5.41, 5.74) is 2.76. The van der Waals surface area contributed by atoms with Crippen molar-refractivity contribution < 1.29 is 13.9 Å². The van der Waals surface area contributed by atoms with Gasteiger partial charge >= 0.3 is 0 Å². The molecule has 1 aliphatic carbocycles. The summed E-state index contributed by atoms with van der Waals surface area (Å²) < 4.78 is 26.2. The van der Waals surface area contributed by atoms with E-state index in [0.717, 1.165) is 37.0 Å². The second kappa shape index (κ2) is 5.12. The molecule has 0 radical (unpaired) electrons. The van der Waals surface area contributed by atoms with Gasteiger partial charge in [-0.1, -0.05) is 6.07 Å². The van der Waals surface area contributed by atoms with E-state index in [1.165, 1.54) is 11.6 Å². The van der Waals surface area contributed by atoms with Crippen LogP contribution in [0.1, 0.15) is 30.0 Å². The average molecular weight is 275 g/mol. The fourth-order valence-corrected chi connectivity index (χ4v) is 2.72. The molecule has 2 N–H and O–H groups in total. The van der Waals surface area contributed by atoms with Crippen LogP contribution in [0.2, 0.25) is 0 Å². The molecule has 0 bridgehead atoms. The highest BCUT2D eigenvalue weighted by atomic mass is 19.2. The summed E-state index contributed by atoms with van der Waals surface area (Å²) in [6.07, 6.45) is 2.90. The van der Waals surface area contributed by atoms with E-state index in [4.69, 9.17) is 0 Å². The lowest BCUT2D eigenvalue weighted by molar-refractivity contribution is 0.471. The molecule has 104 valence electrons. The Balaban J connectivity index is 1.89. The average Bonchev–Trinajstić information content (AvgIpc) is 2.44. The molecule has 1 atom stereocenters. The van der Waals surface area contributed by atoms with Gasteiger partial charge < -0.3 is 10.4 Å². The number of anilines is 1. The Kier molecular flexibility index (Phi) is 3.30. The minimum atomic E-state index is -0.859. The third kappa shape index (κ3) is 2.46. The SMILES string of the molecule is Oc1ccc2c(c1)C(Nc1ccc(F)c(F)c1)CCC2.